The molecule has 1 heterocycles. The van der Waals surface area contributed by atoms with E-state index in [0.717, 1.165) is 0 Å². The summed E-state index contributed by atoms with van der Waals surface area (Å²) in [6.45, 7) is 8.49. The summed E-state index contributed by atoms with van der Waals surface area (Å²) in [5.74, 6) is 0.405. The van der Waals surface area contributed by atoms with Crippen molar-refractivity contribution >= 4 is 10.9 Å². The van der Waals surface area contributed by atoms with Crippen LogP contribution in [0.1, 0.15) is 32.3 Å². The van der Waals surface area contributed by atoms with Gasteiger partial charge < -0.3 is 4.57 Å². The first kappa shape index (κ1) is 17.6. The second kappa shape index (κ2) is 8.74. The molecule has 110 valence electrons. The molecule has 0 radical (unpaired) electrons. The van der Waals surface area contributed by atoms with Crippen molar-refractivity contribution in [1.82, 2.24) is 4.57 Å². The molecule has 0 fully saturated rings. The van der Waals surface area contributed by atoms with E-state index in [9.17, 15) is 0 Å². The van der Waals surface area contributed by atoms with Crippen molar-refractivity contribution in [1.29, 1.82) is 0 Å². The van der Waals surface area contributed by atoms with Crippen LogP contribution in [-0.4, -0.2) is 4.57 Å². The van der Waals surface area contributed by atoms with Crippen LogP contribution in [0.3, 0.4) is 0 Å². The largest absolute Gasteiger partial charge is 0.484 e. The quantitative estimate of drug-likeness (QED) is 0.468. The van der Waals surface area contributed by atoms with Gasteiger partial charge >= 0.3 is 0 Å². The second-order valence-corrected chi connectivity index (χ2v) is 4.63. The number of hydrogen-bond acceptors (Lipinski definition) is 0. The predicted octanol–water partition coefficient (Wildman–Crippen LogP) is 5.48. The average molecular weight is 448 g/mol. The standard InChI is InChI=1S/C17H16N.C2H6.W/c1-14(15-7-3-2-4-8-15)13-18-12-11-16-9-5-6-10-17(16)18;1-2;/h2-14H,1H3;1-2H3;/q-1;;. The number of hydrogen-bond donors (Lipinski definition) is 0. The van der Waals surface area contributed by atoms with Crippen molar-refractivity contribution in [2.24, 2.45) is 0 Å². The maximum Gasteiger partial charge on any atom is 0 e. The Morgan fingerprint density at radius 3 is 2.19 bits per heavy atom. The van der Waals surface area contributed by atoms with E-state index in [0.29, 0.717) is 5.92 Å². The van der Waals surface area contributed by atoms with Crippen LogP contribution in [0.5, 0.6) is 0 Å². The zero-order valence-electron chi connectivity index (χ0n) is 12.9. The van der Waals surface area contributed by atoms with E-state index in [4.69, 9.17) is 0 Å². The molecule has 1 atom stereocenters. The first-order valence-corrected chi connectivity index (χ1v) is 7.30. The number of nitrogens with zero attached hydrogens (tertiary/aromatic N) is 1. The van der Waals surface area contributed by atoms with Crippen LogP contribution in [0.15, 0.2) is 66.9 Å². The summed E-state index contributed by atoms with van der Waals surface area (Å²) in [6.07, 6.45) is 2.13. The predicted molar refractivity (Wildman–Crippen MR) is 87.8 cm³/mol. The van der Waals surface area contributed by atoms with Crippen molar-refractivity contribution in [3.05, 3.63) is 79.0 Å². The Labute approximate surface area is 142 Å². The number of benzene rings is 2. The Balaban J connectivity index is 0.000000706. The molecular weight excluding hydrogens is 426 g/mol. The van der Waals surface area contributed by atoms with E-state index in [1.807, 2.05) is 13.8 Å². The van der Waals surface area contributed by atoms with Gasteiger partial charge in [-0.25, -0.2) is 0 Å². The fourth-order valence-corrected chi connectivity index (χ4v) is 2.32. The smallest absolute Gasteiger partial charge is 0 e. The van der Waals surface area contributed by atoms with Gasteiger partial charge in [0.1, 0.15) is 0 Å². The zero-order valence-corrected chi connectivity index (χ0v) is 15.8. The summed E-state index contributed by atoms with van der Waals surface area (Å²) < 4.78 is 2.22. The molecule has 0 aliphatic carbocycles. The van der Waals surface area contributed by atoms with Crippen LogP contribution in [-0.2, 0) is 21.1 Å². The molecule has 0 amide bonds. The van der Waals surface area contributed by atoms with Gasteiger partial charge in [0, 0.05) is 21.1 Å². The summed E-state index contributed by atoms with van der Waals surface area (Å²) in [5, 5.41) is 1.29. The Morgan fingerprint density at radius 1 is 0.857 bits per heavy atom. The SMILES string of the molecule is CC.CC([CH-]n1ccc2ccccc21)c1ccccc1.[W]. The van der Waals surface area contributed by atoms with Crippen LogP contribution in [0, 0.1) is 6.54 Å². The number of fused-ring (bicyclic) bond motifs is 1. The molecule has 3 rings (SSSR count). The molecule has 0 aliphatic rings. The molecule has 0 saturated carbocycles. The summed E-state index contributed by atoms with van der Waals surface area (Å²) in [5.41, 5.74) is 2.61. The summed E-state index contributed by atoms with van der Waals surface area (Å²) in [7, 11) is 0. The van der Waals surface area contributed by atoms with Crippen molar-refractivity contribution in [3.63, 3.8) is 0 Å². The number of aromatic nitrogens is 1. The molecule has 0 saturated heterocycles. The van der Waals surface area contributed by atoms with Gasteiger partial charge in [-0.15, -0.1) is 18.8 Å². The molecule has 2 aromatic carbocycles. The van der Waals surface area contributed by atoms with E-state index in [-0.39, 0.29) is 21.1 Å². The third-order valence-corrected chi connectivity index (χ3v) is 3.34. The van der Waals surface area contributed by atoms with Gasteiger partial charge in [-0.2, -0.15) is 0 Å². The van der Waals surface area contributed by atoms with Gasteiger partial charge in [0.05, 0.1) is 0 Å². The van der Waals surface area contributed by atoms with Gasteiger partial charge in [-0.05, 0) is 5.92 Å². The Hall–Kier alpha value is -1.46. The molecule has 0 spiro atoms. The van der Waals surface area contributed by atoms with Gasteiger partial charge in [0.15, 0.2) is 0 Å². The summed E-state index contributed by atoms with van der Waals surface area (Å²) >= 11 is 0. The van der Waals surface area contributed by atoms with E-state index < -0.39 is 0 Å². The summed E-state index contributed by atoms with van der Waals surface area (Å²) in [6, 6.07) is 21.2. The van der Waals surface area contributed by atoms with Crippen molar-refractivity contribution in [2.75, 3.05) is 0 Å². The fraction of sp³-hybridized carbons (Fsp3) is 0.211. The fourth-order valence-electron chi connectivity index (χ4n) is 2.32. The molecule has 1 nitrogen and oxygen atoms in total. The first-order valence-electron chi connectivity index (χ1n) is 7.30. The van der Waals surface area contributed by atoms with Gasteiger partial charge in [-0.3, -0.25) is 0 Å². The van der Waals surface area contributed by atoms with Crippen molar-refractivity contribution < 1.29 is 21.1 Å². The summed E-state index contributed by atoms with van der Waals surface area (Å²) in [4.78, 5) is 0. The minimum absolute atomic E-state index is 0. The van der Waals surface area contributed by atoms with Crippen LogP contribution < -0.4 is 0 Å². The average Bonchev–Trinajstić information content (AvgIpc) is 2.93. The Bertz CT molecular complexity index is 643. The minimum Gasteiger partial charge on any atom is -0.484 e. The van der Waals surface area contributed by atoms with Crippen LogP contribution in [0.4, 0.5) is 0 Å². The molecule has 0 aliphatic heterocycles. The maximum absolute atomic E-state index is 2.26. The van der Waals surface area contributed by atoms with E-state index in [1.54, 1.807) is 0 Å². The van der Waals surface area contributed by atoms with Gasteiger partial charge in [-0.1, -0.05) is 91.8 Å². The third kappa shape index (κ3) is 4.25. The van der Waals surface area contributed by atoms with Crippen molar-refractivity contribution in [3.8, 4) is 0 Å². The monoisotopic (exact) mass is 448 g/mol. The minimum atomic E-state index is 0. The molecule has 0 N–H and O–H groups in total. The zero-order chi connectivity index (χ0) is 14.4. The molecule has 21 heavy (non-hydrogen) atoms. The molecule has 1 aromatic heterocycles. The molecule has 3 aromatic rings. The topological polar surface area (TPSA) is 4.93 Å². The van der Waals surface area contributed by atoms with Gasteiger partial charge in [0.2, 0.25) is 0 Å². The number of para-hydroxylation sites is 1. The molecule has 1 unspecified atom stereocenters. The van der Waals surface area contributed by atoms with Crippen LogP contribution in [0.2, 0.25) is 0 Å². The number of rotatable bonds is 3. The molecule has 2 heteroatoms. The Kier molecular flexibility index (Phi) is 7.32. The van der Waals surface area contributed by atoms with Crippen LogP contribution in [0.25, 0.3) is 10.9 Å². The van der Waals surface area contributed by atoms with E-state index in [2.05, 4.69) is 84.9 Å². The van der Waals surface area contributed by atoms with Crippen LogP contribution >= 0.6 is 0 Å². The molecular formula is C19H22NW-. The third-order valence-electron chi connectivity index (χ3n) is 3.34. The van der Waals surface area contributed by atoms with Gasteiger partial charge in [0.25, 0.3) is 0 Å². The first-order chi connectivity index (χ1) is 9.84. The van der Waals surface area contributed by atoms with E-state index >= 15 is 0 Å². The van der Waals surface area contributed by atoms with E-state index in [1.165, 1.54) is 16.5 Å². The maximum atomic E-state index is 2.26. The molecule has 0 bridgehead atoms. The second-order valence-electron chi connectivity index (χ2n) is 4.63. The Morgan fingerprint density at radius 2 is 1.48 bits per heavy atom. The van der Waals surface area contributed by atoms with Crippen molar-refractivity contribution in [2.45, 2.75) is 26.7 Å². The normalized spacial score (nSPS) is 11.0.